The van der Waals surface area contributed by atoms with Gasteiger partial charge in [-0.2, -0.15) is 5.10 Å². The number of benzene rings is 2. The molecule has 8 heteroatoms. The predicted octanol–water partition coefficient (Wildman–Crippen LogP) is 5.11. The number of hydrogen-bond acceptors (Lipinski definition) is 6. The van der Waals surface area contributed by atoms with E-state index in [-0.39, 0.29) is 24.1 Å². The molecule has 0 saturated heterocycles. The third-order valence-corrected chi connectivity index (χ3v) is 5.84. The molecule has 0 aliphatic rings. The van der Waals surface area contributed by atoms with Gasteiger partial charge in [-0.05, 0) is 37.1 Å². The fraction of sp³-hybridized carbons (Fsp3) is 0.200. The minimum absolute atomic E-state index is 0.191. The van der Waals surface area contributed by atoms with Crippen LogP contribution in [-0.4, -0.2) is 25.9 Å². The zero-order chi connectivity index (χ0) is 23.0. The molecule has 1 N–H and O–H groups in total. The van der Waals surface area contributed by atoms with E-state index in [2.05, 4.69) is 20.2 Å². The van der Waals surface area contributed by atoms with Gasteiger partial charge in [0.15, 0.2) is 5.16 Å². The van der Waals surface area contributed by atoms with E-state index in [4.69, 9.17) is 4.74 Å². The first-order valence-corrected chi connectivity index (χ1v) is 11.5. The van der Waals surface area contributed by atoms with E-state index in [1.165, 1.54) is 23.9 Å². The van der Waals surface area contributed by atoms with Crippen molar-refractivity contribution in [2.75, 3.05) is 5.75 Å². The van der Waals surface area contributed by atoms with Gasteiger partial charge in [-0.25, -0.2) is 19.5 Å². The molecule has 0 radical (unpaired) electrons. The number of rotatable bonds is 9. The van der Waals surface area contributed by atoms with Crippen molar-refractivity contribution in [2.24, 2.45) is 0 Å². The van der Waals surface area contributed by atoms with Crippen molar-refractivity contribution in [2.45, 2.75) is 31.2 Å². The van der Waals surface area contributed by atoms with E-state index in [9.17, 15) is 9.18 Å². The Morgan fingerprint density at radius 2 is 1.79 bits per heavy atom. The average molecular weight is 463 g/mol. The number of aromatic amines is 1. The minimum atomic E-state index is -0.268. The zero-order valence-corrected chi connectivity index (χ0v) is 18.9. The maximum absolute atomic E-state index is 14.0. The van der Waals surface area contributed by atoms with E-state index in [0.29, 0.717) is 34.3 Å². The topological polar surface area (TPSA) is 80.8 Å². The first kappa shape index (κ1) is 22.8. The lowest BCUT2D eigenvalue weighted by molar-refractivity contribution is 0.0364. The van der Waals surface area contributed by atoms with Gasteiger partial charge in [0, 0.05) is 23.1 Å². The number of ether oxygens (including phenoxy) is 1. The van der Waals surface area contributed by atoms with E-state index >= 15 is 0 Å². The number of halogens is 1. The highest BCUT2D eigenvalue weighted by atomic mass is 32.2. The predicted molar refractivity (Wildman–Crippen MR) is 126 cm³/mol. The van der Waals surface area contributed by atoms with E-state index < -0.39 is 0 Å². The van der Waals surface area contributed by atoms with Crippen LogP contribution in [0.25, 0.3) is 11.4 Å². The first-order chi connectivity index (χ1) is 16.1. The highest BCUT2D eigenvalue weighted by Crippen LogP contribution is 2.27. The van der Waals surface area contributed by atoms with Crippen LogP contribution in [0.3, 0.4) is 0 Å². The summed E-state index contributed by atoms with van der Waals surface area (Å²) < 4.78 is 20.2. The lowest BCUT2D eigenvalue weighted by Crippen LogP contribution is -2.08. The van der Waals surface area contributed by atoms with Crippen LogP contribution in [0.4, 0.5) is 4.39 Å². The fourth-order valence-electron chi connectivity index (χ4n) is 3.30. The normalized spacial score (nSPS) is 11.9. The summed E-state index contributed by atoms with van der Waals surface area (Å²) in [6, 6.07) is 21.5. The molecule has 2 heterocycles. The van der Waals surface area contributed by atoms with Crippen LogP contribution < -0.4 is 5.56 Å². The third kappa shape index (κ3) is 6.34. The number of aromatic nitrogens is 4. The Morgan fingerprint density at radius 1 is 1.00 bits per heavy atom. The number of H-pyrrole nitrogens is 1. The van der Waals surface area contributed by atoms with Crippen molar-refractivity contribution in [3.63, 3.8) is 0 Å². The fourth-order valence-corrected chi connectivity index (χ4v) is 4.19. The molecular formula is C25H23FN4O2S. The Kier molecular flexibility index (Phi) is 7.59. The molecule has 0 bridgehead atoms. The minimum Gasteiger partial charge on any atom is -0.369 e. The van der Waals surface area contributed by atoms with Crippen LogP contribution >= 0.6 is 11.8 Å². The van der Waals surface area contributed by atoms with Gasteiger partial charge in [0.05, 0.1) is 18.4 Å². The summed E-state index contributed by atoms with van der Waals surface area (Å²) in [4.78, 5) is 20.4. The lowest BCUT2D eigenvalue weighted by atomic mass is 10.1. The van der Waals surface area contributed by atoms with Gasteiger partial charge in [-0.1, -0.05) is 60.3 Å². The van der Waals surface area contributed by atoms with E-state index in [1.54, 1.807) is 24.3 Å². The molecule has 0 amide bonds. The van der Waals surface area contributed by atoms with Crippen molar-refractivity contribution < 1.29 is 9.13 Å². The van der Waals surface area contributed by atoms with Crippen molar-refractivity contribution in [1.29, 1.82) is 0 Å². The molecule has 0 fully saturated rings. The molecule has 4 rings (SSSR count). The first-order valence-electron chi connectivity index (χ1n) is 10.5. The molecule has 0 aliphatic heterocycles. The summed E-state index contributed by atoms with van der Waals surface area (Å²) in [5.74, 6) is 0.439. The maximum atomic E-state index is 14.0. The van der Waals surface area contributed by atoms with Gasteiger partial charge in [0.25, 0.3) is 5.56 Å². The van der Waals surface area contributed by atoms with Gasteiger partial charge in [0.1, 0.15) is 11.5 Å². The van der Waals surface area contributed by atoms with Gasteiger partial charge in [-0.3, -0.25) is 4.79 Å². The number of nitrogens with zero attached hydrogens (tertiary/aromatic N) is 3. The summed E-state index contributed by atoms with van der Waals surface area (Å²) in [6.45, 7) is 2.09. The summed E-state index contributed by atoms with van der Waals surface area (Å²) in [5.41, 5.74) is 3.35. The smallest absolute Gasteiger partial charge is 0.264 e. The largest absolute Gasteiger partial charge is 0.369 e. The summed E-state index contributed by atoms with van der Waals surface area (Å²) in [6.07, 6.45) is 0.510. The molecule has 0 spiro atoms. The Morgan fingerprint density at radius 3 is 2.55 bits per heavy atom. The van der Waals surface area contributed by atoms with Gasteiger partial charge < -0.3 is 4.74 Å². The lowest BCUT2D eigenvalue weighted by Gasteiger charge is -2.18. The molecule has 1 unspecified atom stereocenters. The standard InChI is InChI=1S/C25H23FN4O2S/c1-17-15-22(21-11-12-24(31)30-29-21)28-25(27-17)33-14-13-23(18-7-3-2-4-8-18)32-16-19-9-5-6-10-20(19)26/h2-12,15,23H,13-14,16H2,1H3,(H,30,31). The Hall–Kier alpha value is -3.36. The third-order valence-electron chi connectivity index (χ3n) is 4.96. The van der Waals surface area contributed by atoms with Gasteiger partial charge in [-0.15, -0.1) is 0 Å². The molecule has 33 heavy (non-hydrogen) atoms. The highest BCUT2D eigenvalue weighted by Gasteiger charge is 2.15. The molecule has 6 nitrogen and oxygen atoms in total. The van der Waals surface area contributed by atoms with Crippen LogP contribution in [0.1, 0.15) is 29.3 Å². The molecule has 2 aromatic carbocycles. The molecule has 1 atom stereocenters. The van der Waals surface area contributed by atoms with Crippen LogP contribution in [0.5, 0.6) is 0 Å². The Bertz CT molecular complexity index is 1250. The van der Waals surface area contributed by atoms with E-state index in [0.717, 1.165) is 11.3 Å². The van der Waals surface area contributed by atoms with Crippen molar-refractivity contribution in [3.8, 4) is 11.4 Å². The maximum Gasteiger partial charge on any atom is 0.264 e. The van der Waals surface area contributed by atoms with Gasteiger partial charge in [0.2, 0.25) is 0 Å². The molecule has 0 saturated carbocycles. The van der Waals surface area contributed by atoms with Gasteiger partial charge >= 0.3 is 0 Å². The second-order valence-electron chi connectivity index (χ2n) is 7.42. The van der Waals surface area contributed by atoms with Crippen LogP contribution in [-0.2, 0) is 11.3 Å². The van der Waals surface area contributed by atoms with Crippen molar-refractivity contribution >= 4 is 11.8 Å². The number of nitrogens with one attached hydrogen (secondary N) is 1. The molecular weight excluding hydrogens is 439 g/mol. The average Bonchev–Trinajstić information content (AvgIpc) is 2.83. The second kappa shape index (κ2) is 11.0. The van der Waals surface area contributed by atoms with Crippen LogP contribution in [0.15, 0.2) is 82.7 Å². The second-order valence-corrected chi connectivity index (χ2v) is 8.48. The SMILES string of the molecule is Cc1cc(-c2ccc(=O)[nH]n2)nc(SCCC(OCc2ccccc2F)c2ccccc2)n1. The Labute approximate surface area is 195 Å². The number of thioether (sulfide) groups is 1. The molecule has 168 valence electrons. The van der Waals surface area contributed by atoms with Crippen molar-refractivity contribution in [3.05, 3.63) is 106 Å². The summed E-state index contributed by atoms with van der Waals surface area (Å²) in [5, 5.41) is 7.10. The highest BCUT2D eigenvalue weighted by molar-refractivity contribution is 7.99. The van der Waals surface area contributed by atoms with Crippen LogP contribution in [0.2, 0.25) is 0 Å². The molecule has 2 aromatic heterocycles. The monoisotopic (exact) mass is 462 g/mol. The molecule has 0 aliphatic carbocycles. The molecule has 4 aromatic rings. The van der Waals surface area contributed by atoms with Crippen LogP contribution in [0, 0.1) is 12.7 Å². The number of aryl methyl sites for hydroxylation is 1. The van der Waals surface area contributed by atoms with Crippen molar-refractivity contribution in [1.82, 2.24) is 20.2 Å². The summed E-state index contributed by atoms with van der Waals surface area (Å²) in [7, 11) is 0. The summed E-state index contributed by atoms with van der Waals surface area (Å²) >= 11 is 1.52. The number of hydrogen-bond donors (Lipinski definition) is 1. The Balaban J connectivity index is 1.44. The quantitative estimate of drug-likeness (QED) is 0.275. The van der Waals surface area contributed by atoms with E-state index in [1.807, 2.05) is 43.3 Å². The zero-order valence-electron chi connectivity index (χ0n) is 18.1.